The molecule has 0 aliphatic rings. The lowest BCUT2D eigenvalue weighted by molar-refractivity contribution is 0.0597. The van der Waals surface area contributed by atoms with Crippen molar-refractivity contribution in [3.8, 4) is 0 Å². The van der Waals surface area contributed by atoms with E-state index in [1.807, 2.05) is 0 Å². The van der Waals surface area contributed by atoms with Crippen LogP contribution in [0.5, 0.6) is 0 Å². The molecular weight excluding hydrogens is 282 g/mol. The fraction of sp³-hybridized carbons (Fsp3) is 0.133. The van der Waals surface area contributed by atoms with E-state index in [9.17, 15) is 13.6 Å². The van der Waals surface area contributed by atoms with Crippen molar-refractivity contribution >= 4 is 17.7 Å². The van der Waals surface area contributed by atoms with Crippen molar-refractivity contribution in [2.24, 2.45) is 0 Å². The van der Waals surface area contributed by atoms with Crippen LogP contribution in [0.2, 0.25) is 0 Å². The molecule has 0 fully saturated rings. The van der Waals surface area contributed by atoms with Crippen LogP contribution in [0.15, 0.2) is 47.4 Å². The number of rotatable bonds is 4. The molecule has 0 N–H and O–H groups in total. The van der Waals surface area contributed by atoms with Crippen molar-refractivity contribution in [2.45, 2.75) is 10.6 Å². The number of benzene rings is 2. The van der Waals surface area contributed by atoms with Gasteiger partial charge in [-0.15, -0.1) is 11.8 Å². The lowest BCUT2D eigenvalue weighted by Gasteiger charge is -2.08. The Hall–Kier alpha value is -1.88. The SMILES string of the molecule is COC(=O)c1ccccc1SCc1cccc(F)c1F. The third-order valence-electron chi connectivity index (χ3n) is 2.71. The van der Waals surface area contributed by atoms with Gasteiger partial charge in [0.1, 0.15) is 0 Å². The van der Waals surface area contributed by atoms with Crippen LogP contribution in [0.1, 0.15) is 15.9 Å². The maximum absolute atomic E-state index is 13.5. The molecule has 0 aliphatic heterocycles. The van der Waals surface area contributed by atoms with Gasteiger partial charge >= 0.3 is 5.97 Å². The Kier molecular flexibility index (Phi) is 4.74. The molecule has 2 nitrogen and oxygen atoms in total. The zero-order valence-corrected chi connectivity index (χ0v) is 11.5. The highest BCUT2D eigenvalue weighted by Gasteiger charge is 2.13. The Balaban J connectivity index is 2.19. The van der Waals surface area contributed by atoms with Gasteiger partial charge < -0.3 is 4.74 Å². The first-order valence-corrected chi connectivity index (χ1v) is 6.85. The first-order chi connectivity index (χ1) is 9.63. The minimum absolute atomic E-state index is 0.234. The van der Waals surface area contributed by atoms with Crippen LogP contribution in [0.25, 0.3) is 0 Å². The van der Waals surface area contributed by atoms with E-state index >= 15 is 0 Å². The summed E-state index contributed by atoms with van der Waals surface area (Å²) in [6.45, 7) is 0. The van der Waals surface area contributed by atoms with Gasteiger partial charge in [-0.2, -0.15) is 0 Å². The number of thioether (sulfide) groups is 1. The maximum Gasteiger partial charge on any atom is 0.338 e. The lowest BCUT2D eigenvalue weighted by Crippen LogP contribution is -2.03. The normalized spacial score (nSPS) is 10.3. The molecule has 2 aromatic carbocycles. The second kappa shape index (κ2) is 6.52. The largest absolute Gasteiger partial charge is 0.465 e. The van der Waals surface area contributed by atoms with Crippen LogP contribution in [-0.4, -0.2) is 13.1 Å². The van der Waals surface area contributed by atoms with Crippen LogP contribution in [-0.2, 0) is 10.5 Å². The molecule has 0 atom stereocenters. The first kappa shape index (κ1) is 14.5. The van der Waals surface area contributed by atoms with E-state index in [1.165, 1.54) is 31.0 Å². The summed E-state index contributed by atoms with van der Waals surface area (Å²) in [6.07, 6.45) is 0. The summed E-state index contributed by atoms with van der Waals surface area (Å²) in [7, 11) is 1.30. The van der Waals surface area contributed by atoms with Gasteiger partial charge in [0.05, 0.1) is 12.7 Å². The third kappa shape index (κ3) is 3.17. The maximum atomic E-state index is 13.5. The highest BCUT2D eigenvalue weighted by molar-refractivity contribution is 7.98. The molecule has 0 spiro atoms. The standard InChI is InChI=1S/C15H12F2O2S/c1-19-15(18)11-6-2-3-8-13(11)20-9-10-5-4-7-12(16)14(10)17/h2-8H,9H2,1H3. The van der Waals surface area contributed by atoms with Crippen molar-refractivity contribution in [1.82, 2.24) is 0 Å². The zero-order chi connectivity index (χ0) is 14.5. The summed E-state index contributed by atoms with van der Waals surface area (Å²) in [6, 6.07) is 10.9. The highest BCUT2D eigenvalue weighted by Crippen LogP contribution is 2.28. The van der Waals surface area contributed by atoms with E-state index in [0.29, 0.717) is 10.5 Å². The smallest absolute Gasteiger partial charge is 0.338 e. The second-order valence-corrected chi connectivity index (χ2v) is 5.01. The molecule has 5 heteroatoms. The fourth-order valence-electron chi connectivity index (χ4n) is 1.69. The summed E-state index contributed by atoms with van der Waals surface area (Å²) in [5.41, 5.74) is 0.673. The highest BCUT2D eigenvalue weighted by atomic mass is 32.2. The number of esters is 1. The van der Waals surface area contributed by atoms with Crippen molar-refractivity contribution < 1.29 is 18.3 Å². The molecule has 2 aromatic rings. The number of methoxy groups -OCH3 is 1. The number of carbonyl (C=O) groups is 1. The summed E-state index contributed by atoms with van der Waals surface area (Å²) >= 11 is 1.26. The molecular formula is C15H12F2O2S. The number of halogens is 2. The Morgan fingerprint density at radius 2 is 1.90 bits per heavy atom. The van der Waals surface area contributed by atoms with Gasteiger partial charge in [0.2, 0.25) is 0 Å². The van der Waals surface area contributed by atoms with Gasteiger partial charge in [-0.1, -0.05) is 24.3 Å². The Bertz CT molecular complexity index is 629. The van der Waals surface area contributed by atoms with Crippen molar-refractivity contribution in [2.75, 3.05) is 7.11 Å². The van der Waals surface area contributed by atoms with Gasteiger partial charge in [0.25, 0.3) is 0 Å². The van der Waals surface area contributed by atoms with E-state index in [1.54, 1.807) is 24.3 Å². The minimum atomic E-state index is -0.871. The van der Waals surface area contributed by atoms with Gasteiger partial charge in [-0.05, 0) is 18.2 Å². The fourth-order valence-corrected chi connectivity index (χ4v) is 2.70. The van der Waals surface area contributed by atoms with E-state index < -0.39 is 17.6 Å². The Morgan fingerprint density at radius 3 is 2.65 bits per heavy atom. The lowest BCUT2D eigenvalue weighted by atomic mass is 10.2. The van der Waals surface area contributed by atoms with E-state index in [4.69, 9.17) is 0 Å². The predicted octanol–water partition coefficient (Wildman–Crippen LogP) is 4.04. The molecule has 0 heterocycles. The van der Waals surface area contributed by atoms with Crippen molar-refractivity contribution in [3.63, 3.8) is 0 Å². The van der Waals surface area contributed by atoms with Gasteiger partial charge in [0, 0.05) is 16.2 Å². The molecule has 0 amide bonds. The quantitative estimate of drug-likeness (QED) is 0.629. The van der Waals surface area contributed by atoms with E-state index in [0.717, 1.165) is 6.07 Å². The second-order valence-electron chi connectivity index (χ2n) is 3.99. The molecule has 2 rings (SSSR count). The molecule has 0 radical (unpaired) electrons. The van der Waals surface area contributed by atoms with Crippen LogP contribution in [0, 0.1) is 11.6 Å². The monoisotopic (exact) mass is 294 g/mol. The summed E-state index contributed by atoms with van der Waals surface area (Å²) < 4.78 is 31.3. The molecule has 104 valence electrons. The molecule has 0 unspecified atom stereocenters. The van der Waals surface area contributed by atoms with Gasteiger partial charge in [-0.25, -0.2) is 13.6 Å². The number of hydrogen-bond donors (Lipinski definition) is 0. The third-order valence-corrected chi connectivity index (χ3v) is 3.83. The Labute approximate surface area is 119 Å². The van der Waals surface area contributed by atoms with E-state index in [-0.39, 0.29) is 11.3 Å². The topological polar surface area (TPSA) is 26.3 Å². The molecule has 0 bridgehead atoms. The molecule has 0 aromatic heterocycles. The summed E-state index contributed by atoms with van der Waals surface area (Å²) in [5.74, 6) is -1.94. The van der Waals surface area contributed by atoms with Gasteiger partial charge in [-0.3, -0.25) is 0 Å². The van der Waals surface area contributed by atoms with Crippen LogP contribution in [0.4, 0.5) is 8.78 Å². The van der Waals surface area contributed by atoms with Gasteiger partial charge in [0.15, 0.2) is 11.6 Å². The molecule has 0 aliphatic carbocycles. The van der Waals surface area contributed by atoms with E-state index in [2.05, 4.69) is 4.74 Å². The Morgan fingerprint density at radius 1 is 1.15 bits per heavy atom. The predicted molar refractivity (Wildman–Crippen MR) is 73.7 cm³/mol. The number of hydrogen-bond acceptors (Lipinski definition) is 3. The average Bonchev–Trinajstić information content (AvgIpc) is 2.48. The van der Waals surface area contributed by atoms with Crippen LogP contribution < -0.4 is 0 Å². The van der Waals surface area contributed by atoms with Crippen LogP contribution in [0.3, 0.4) is 0 Å². The first-order valence-electron chi connectivity index (χ1n) is 5.86. The number of ether oxygens (including phenoxy) is 1. The number of carbonyl (C=O) groups excluding carboxylic acids is 1. The minimum Gasteiger partial charge on any atom is -0.465 e. The molecule has 0 saturated carbocycles. The van der Waals surface area contributed by atoms with Crippen LogP contribution >= 0.6 is 11.8 Å². The summed E-state index contributed by atoms with van der Waals surface area (Å²) in [5, 5.41) is 0. The summed E-state index contributed by atoms with van der Waals surface area (Å²) in [4.78, 5) is 12.3. The molecule has 20 heavy (non-hydrogen) atoms. The molecule has 0 saturated heterocycles. The average molecular weight is 294 g/mol. The zero-order valence-electron chi connectivity index (χ0n) is 10.7. The van der Waals surface area contributed by atoms with Crippen molar-refractivity contribution in [1.29, 1.82) is 0 Å². The van der Waals surface area contributed by atoms with Crippen molar-refractivity contribution in [3.05, 3.63) is 65.2 Å².